The molecule has 13 nitrogen and oxygen atoms in total. The molecule has 5 atom stereocenters. The summed E-state index contributed by atoms with van der Waals surface area (Å²) in [5, 5.41) is 43.8. The summed E-state index contributed by atoms with van der Waals surface area (Å²) in [6.07, 6.45) is -2.22. The minimum absolute atomic E-state index is 0.0559. The van der Waals surface area contributed by atoms with Gasteiger partial charge in [-0.1, -0.05) is 12.1 Å². The predicted molar refractivity (Wildman–Crippen MR) is 117 cm³/mol. The van der Waals surface area contributed by atoms with E-state index < -0.39 is 72.8 Å². The molecule has 1 rings (SSSR count). The molecule has 0 aliphatic heterocycles. The van der Waals surface area contributed by atoms with Gasteiger partial charge in [0.15, 0.2) is 0 Å². The molecule has 0 saturated heterocycles. The highest BCUT2D eigenvalue weighted by Crippen LogP contribution is 2.11. The Balaban J connectivity index is 2.71. The smallest absolute Gasteiger partial charge is 0.326 e. The summed E-state index contributed by atoms with van der Waals surface area (Å²) in [7, 11) is 0. The van der Waals surface area contributed by atoms with Crippen LogP contribution >= 0.6 is 0 Å². The number of phenolic OH excluding ortho intramolecular Hbond substituents is 1. The molecular weight excluding hydrogens is 452 g/mol. The monoisotopic (exact) mass is 482 g/mol. The fourth-order valence-corrected chi connectivity index (χ4v) is 2.83. The molecule has 0 heterocycles. The Kier molecular flexibility index (Phi) is 10.9. The largest absolute Gasteiger partial charge is 0.508 e. The zero-order chi connectivity index (χ0) is 26.0. The van der Waals surface area contributed by atoms with Crippen molar-refractivity contribution < 1.29 is 44.4 Å². The highest BCUT2D eigenvalue weighted by Gasteiger charge is 2.31. The first-order chi connectivity index (χ1) is 15.8. The van der Waals surface area contributed by atoms with Crippen molar-refractivity contribution in [1.29, 1.82) is 0 Å². The van der Waals surface area contributed by atoms with Crippen LogP contribution in [0.5, 0.6) is 5.75 Å². The lowest BCUT2D eigenvalue weighted by Gasteiger charge is -2.25. The predicted octanol–water partition coefficient (Wildman–Crippen LogP) is -1.93. The summed E-state index contributed by atoms with van der Waals surface area (Å²) in [4.78, 5) is 59.2. The summed E-state index contributed by atoms with van der Waals surface area (Å²) >= 11 is 0. The van der Waals surface area contributed by atoms with Gasteiger partial charge in [-0.2, -0.15) is 0 Å². The molecule has 0 aliphatic rings. The van der Waals surface area contributed by atoms with E-state index in [2.05, 4.69) is 16.0 Å². The number of amides is 3. The minimum atomic E-state index is -1.57. The molecule has 3 amide bonds. The van der Waals surface area contributed by atoms with Crippen LogP contribution in [0, 0.1) is 0 Å². The molecule has 13 heteroatoms. The van der Waals surface area contributed by atoms with Gasteiger partial charge in [0.2, 0.25) is 17.7 Å². The van der Waals surface area contributed by atoms with E-state index in [0.717, 1.165) is 0 Å². The minimum Gasteiger partial charge on any atom is -0.508 e. The van der Waals surface area contributed by atoms with Crippen molar-refractivity contribution in [3.05, 3.63) is 29.8 Å². The molecule has 0 radical (unpaired) electrons. The Hall–Kier alpha value is -3.71. The lowest BCUT2D eigenvalue weighted by Crippen LogP contribution is -2.59. The zero-order valence-corrected chi connectivity index (χ0v) is 18.7. The maximum absolute atomic E-state index is 12.5. The molecule has 9 N–H and O–H groups in total. The highest BCUT2D eigenvalue weighted by molar-refractivity contribution is 5.94. The molecule has 34 heavy (non-hydrogen) atoms. The molecule has 0 bridgehead atoms. The average molecular weight is 482 g/mol. The lowest BCUT2D eigenvalue weighted by atomic mass is 10.1. The molecule has 5 unspecified atom stereocenters. The summed E-state index contributed by atoms with van der Waals surface area (Å²) in [6.45, 7) is 2.51. The second-order valence-corrected chi connectivity index (χ2v) is 7.77. The van der Waals surface area contributed by atoms with Gasteiger partial charge in [-0.3, -0.25) is 19.2 Å². The number of nitrogens with two attached hydrogens (primary N) is 1. The van der Waals surface area contributed by atoms with Gasteiger partial charge in [-0.25, -0.2) is 4.79 Å². The molecular formula is C21H30N4O9. The molecule has 0 spiro atoms. The second-order valence-electron chi connectivity index (χ2n) is 7.77. The first kappa shape index (κ1) is 28.3. The summed E-state index contributed by atoms with van der Waals surface area (Å²) in [5.74, 6) is -5.22. The van der Waals surface area contributed by atoms with Gasteiger partial charge >= 0.3 is 11.9 Å². The van der Waals surface area contributed by atoms with E-state index in [1.165, 1.54) is 26.0 Å². The van der Waals surface area contributed by atoms with Crippen molar-refractivity contribution in [3.8, 4) is 5.75 Å². The molecule has 0 saturated carbocycles. The zero-order valence-electron chi connectivity index (χ0n) is 18.7. The number of aliphatic hydroxyl groups excluding tert-OH is 1. The van der Waals surface area contributed by atoms with Crippen molar-refractivity contribution in [3.63, 3.8) is 0 Å². The molecule has 188 valence electrons. The molecule has 1 aromatic carbocycles. The van der Waals surface area contributed by atoms with Gasteiger partial charge < -0.3 is 42.1 Å². The third kappa shape index (κ3) is 9.42. The number of aromatic hydroxyl groups is 1. The van der Waals surface area contributed by atoms with E-state index in [0.29, 0.717) is 5.56 Å². The number of aliphatic hydroxyl groups is 1. The van der Waals surface area contributed by atoms with Gasteiger partial charge in [-0.05, 0) is 44.4 Å². The molecule has 0 aliphatic carbocycles. The van der Waals surface area contributed by atoms with Gasteiger partial charge in [-0.15, -0.1) is 0 Å². The van der Waals surface area contributed by atoms with Crippen molar-refractivity contribution in [2.45, 2.75) is 63.4 Å². The highest BCUT2D eigenvalue weighted by atomic mass is 16.4. The number of carboxylic acid groups (broad SMARTS) is 2. The first-order valence-electron chi connectivity index (χ1n) is 10.4. The molecule has 0 aromatic heterocycles. The Morgan fingerprint density at radius 2 is 1.50 bits per heavy atom. The van der Waals surface area contributed by atoms with Crippen molar-refractivity contribution in [2.24, 2.45) is 5.73 Å². The Bertz CT molecular complexity index is 889. The van der Waals surface area contributed by atoms with E-state index in [1.54, 1.807) is 12.1 Å². The number of nitrogens with one attached hydrogen (secondary N) is 3. The van der Waals surface area contributed by atoms with E-state index in [9.17, 15) is 34.2 Å². The van der Waals surface area contributed by atoms with Crippen LogP contribution in [0.25, 0.3) is 0 Å². The third-order valence-corrected chi connectivity index (χ3v) is 4.80. The fourth-order valence-electron chi connectivity index (χ4n) is 2.83. The average Bonchev–Trinajstić information content (AvgIpc) is 2.75. The fraction of sp³-hybridized carbons (Fsp3) is 0.476. The van der Waals surface area contributed by atoms with Gasteiger partial charge in [0.25, 0.3) is 0 Å². The standard InChI is InChI=1S/C21H30N4O9/c1-10(23-19(31)14(22)9-12-3-5-13(27)6-4-12)18(30)25-17(11(2)26)20(32)24-15(21(33)34)7-8-16(28)29/h3-6,10-11,14-15,17,26-27H,7-9,22H2,1-2H3,(H,23,31)(H,24,32)(H,25,30)(H,28,29)(H,33,34). The first-order valence-corrected chi connectivity index (χ1v) is 10.4. The lowest BCUT2D eigenvalue weighted by molar-refractivity contribution is -0.144. The third-order valence-electron chi connectivity index (χ3n) is 4.80. The summed E-state index contributed by atoms with van der Waals surface area (Å²) in [6, 6.07) is 0.773. The number of hydrogen-bond acceptors (Lipinski definition) is 8. The van der Waals surface area contributed by atoms with Crippen LogP contribution in [0.2, 0.25) is 0 Å². The van der Waals surface area contributed by atoms with Gasteiger partial charge in [0.1, 0.15) is 23.9 Å². The van der Waals surface area contributed by atoms with E-state index in [4.69, 9.17) is 15.9 Å². The number of carbonyl (C=O) groups is 5. The SMILES string of the molecule is CC(NC(=O)C(N)Cc1ccc(O)cc1)C(=O)NC(C(=O)NC(CCC(=O)O)C(=O)O)C(C)O. The van der Waals surface area contributed by atoms with Crippen LogP contribution in [0.3, 0.4) is 0 Å². The Morgan fingerprint density at radius 1 is 0.912 bits per heavy atom. The van der Waals surface area contributed by atoms with E-state index in [1.807, 2.05) is 0 Å². The van der Waals surface area contributed by atoms with Crippen LogP contribution < -0.4 is 21.7 Å². The second kappa shape index (κ2) is 13.1. The maximum Gasteiger partial charge on any atom is 0.326 e. The summed E-state index contributed by atoms with van der Waals surface area (Å²) < 4.78 is 0. The van der Waals surface area contributed by atoms with Gasteiger partial charge in [0, 0.05) is 6.42 Å². The van der Waals surface area contributed by atoms with E-state index in [-0.39, 0.29) is 12.2 Å². The van der Waals surface area contributed by atoms with Crippen molar-refractivity contribution in [2.75, 3.05) is 0 Å². The van der Waals surface area contributed by atoms with Crippen LogP contribution in [0.15, 0.2) is 24.3 Å². The molecule has 1 aromatic rings. The van der Waals surface area contributed by atoms with Crippen LogP contribution in [0.4, 0.5) is 0 Å². The van der Waals surface area contributed by atoms with E-state index >= 15 is 0 Å². The number of phenols is 1. The number of aliphatic carboxylic acids is 2. The van der Waals surface area contributed by atoms with Crippen LogP contribution in [0.1, 0.15) is 32.3 Å². The van der Waals surface area contributed by atoms with Crippen LogP contribution in [-0.2, 0) is 30.4 Å². The number of carboxylic acids is 2. The number of rotatable bonds is 13. The maximum atomic E-state index is 12.5. The Morgan fingerprint density at radius 3 is 2.00 bits per heavy atom. The van der Waals surface area contributed by atoms with Gasteiger partial charge in [0.05, 0.1) is 12.1 Å². The van der Waals surface area contributed by atoms with Crippen molar-refractivity contribution >= 4 is 29.7 Å². The normalized spacial score (nSPS) is 15.2. The molecule has 0 fully saturated rings. The number of carbonyl (C=O) groups excluding carboxylic acids is 3. The number of hydrogen-bond donors (Lipinski definition) is 8. The van der Waals surface area contributed by atoms with Crippen molar-refractivity contribution in [1.82, 2.24) is 16.0 Å². The van der Waals surface area contributed by atoms with Crippen LogP contribution in [-0.4, -0.2) is 80.4 Å². The number of benzene rings is 1. The quantitative estimate of drug-likeness (QED) is 0.155. The summed E-state index contributed by atoms with van der Waals surface area (Å²) in [5.41, 5.74) is 6.54. The topological polar surface area (TPSA) is 228 Å². The Labute approximate surface area is 195 Å².